The van der Waals surface area contributed by atoms with Crippen molar-refractivity contribution in [3.05, 3.63) is 63.1 Å². The minimum atomic E-state index is -3.81. The average molecular weight is 450 g/mol. The highest BCUT2D eigenvalue weighted by atomic mass is 35.5. The van der Waals surface area contributed by atoms with Crippen molar-refractivity contribution < 1.29 is 18.1 Å². The molecule has 2 aromatic rings. The summed E-state index contributed by atoms with van der Waals surface area (Å²) in [5.41, 5.74) is 0.654. The van der Waals surface area contributed by atoms with E-state index in [4.69, 9.17) is 39.6 Å². The molecule has 144 valence electrons. The SMILES string of the molecule is CON=CC(C=NOCc1ccc(Cl)cc1Cl)S(=O)(=O)c1ccc(Cl)cc1. The lowest BCUT2D eigenvalue weighted by Crippen LogP contribution is -2.25. The Hall–Kier alpha value is -1.80. The summed E-state index contributed by atoms with van der Waals surface area (Å²) in [5.74, 6) is 0. The van der Waals surface area contributed by atoms with E-state index >= 15 is 0 Å². The summed E-state index contributed by atoms with van der Waals surface area (Å²) in [7, 11) is -2.51. The third kappa shape index (κ3) is 6.10. The standard InChI is InChI=1S/C17H15Cl3N2O4S/c1-25-21-9-16(27(23,24)15-6-4-13(18)5-7-15)10-22-26-11-12-2-3-14(19)8-17(12)20/h2-10,16H,11H2,1H3. The Labute approximate surface area is 172 Å². The van der Waals surface area contributed by atoms with Crippen LogP contribution in [0.3, 0.4) is 0 Å². The van der Waals surface area contributed by atoms with Gasteiger partial charge in [0.15, 0.2) is 9.84 Å². The summed E-state index contributed by atoms with van der Waals surface area (Å²) in [6, 6.07) is 10.7. The van der Waals surface area contributed by atoms with E-state index in [2.05, 4.69) is 15.1 Å². The molecule has 0 heterocycles. The third-order valence-corrected chi connectivity index (χ3v) is 6.06. The highest BCUT2D eigenvalue weighted by Gasteiger charge is 2.25. The normalized spacial score (nSPS) is 13.2. The van der Waals surface area contributed by atoms with Crippen molar-refractivity contribution in [1.29, 1.82) is 0 Å². The number of benzene rings is 2. The number of rotatable bonds is 8. The van der Waals surface area contributed by atoms with E-state index in [1.807, 2.05) is 0 Å². The molecule has 2 aromatic carbocycles. The molecule has 0 saturated carbocycles. The fraction of sp³-hybridized carbons (Fsp3) is 0.176. The van der Waals surface area contributed by atoms with Gasteiger partial charge in [-0.25, -0.2) is 8.42 Å². The van der Waals surface area contributed by atoms with E-state index < -0.39 is 15.1 Å². The second-order valence-electron chi connectivity index (χ2n) is 5.16. The highest BCUT2D eigenvalue weighted by Crippen LogP contribution is 2.22. The third-order valence-electron chi connectivity index (χ3n) is 3.33. The van der Waals surface area contributed by atoms with Gasteiger partial charge in [0, 0.05) is 20.6 Å². The first-order valence-corrected chi connectivity index (χ1v) is 10.2. The second-order valence-corrected chi connectivity index (χ2v) is 8.55. The summed E-state index contributed by atoms with van der Waals surface area (Å²) < 4.78 is 25.5. The Morgan fingerprint density at radius 1 is 1.00 bits per heavy atom. The number of nitrogens with zero attached hydrogens (tertiary/aromatic N) is 2. The molecule has 0 spiro atoms. The van der Waals surface area contributed by atoms with Crippen LogP contribution < -0.4 is 0 Å². The van der Waals surface area contributed by atoms with E-state index in [0.29, 0.717) is 20.6 Å². The average Bonchev–Trinajstić information content (AvgIpc) is 2.62. The van der Waals surface area contributed by atoms with Gasteiger partial charge in [-0.15, -0.1) is 0 Å². The van der Waals surface area contributed by atoms with Gasteiger partial charge in [-0.3, -0.25) is 0 Å². The molecule has 6 nitrogen and oxygen atoms in total. The van der Waals surface area contributed by atoms with Gasteiger partial charge >= 0.3 is 0 Å². The van der Waals surface area contributed by atoms with Gasteiger partial charge in [0.25, 0.3) is 0 Å². The minimum absolute atomic E-state index is 0.0433. The zero-order valence-corrected chi connectivity index (χ0v) is 17.1. The lowest BCUT2D eigenvalue weighted by atomic mass is 10.2. The molecular weight excluding hydrogens is 435 g/mol. The van der Waals surface area contributed by atoms with Crippen LogP contribution >= 0.6 is 34.8 Å². The highest BCUT2D eigenvalue weighted by molar-refractivity contribution is 7.93. The quantitative estimate of drug-likeness (QED) is 0.435. The Morgan fingerprint density at radius 2 is 1.63 bits per heavy atom. The number of oxime groups is 2. The fourth-order valence-electron chi connectivity index (χ4n) is 1.95. The number of hydrogen-bond donors (Lipinski definition) is 0. The Balaban J connectivity index is 2.14. The summed E-state index contributed by atoms with van der Waals surface area (Å²) in [6.07, 6.45) is 2.21. The maximum atomic E-state index is 12.7. The smallest absolute Gasteiger partial charge is 0.191 e. The van der Waals surface area contributed by atoms with Gasteiger partial charge in [0.2, 0.25) is 0 Å². The van der Waals surface area contributed by atoms with Gasteiger partial charge in [-0.05, 0) is 36.4 Å². The van der Waals surface area contributed by atoms with Gasteiger partial charge in [-0.2, -0.15) is 0 Å². The zero-order chi connectivity index (χ0) is 19.9. The van der Waals surface area contributed by atoms with Crippen molar-refractivity contribution in [3.8, 4) is 0 Å². The molecule has 0 aromatic heterocycles. The lowest BCUT2D eigenvalue weighted by molar-refractivity contribution is 0.132. The van der Waals surface area contributed by atoms with Crippen LogP contribution in [-0.4, -0.2) is 33.2 Å². The fourth-order valence-corrected chi connectivity index (χ4v) is 3.79. The van der Waals surface area contributed by atoms with Crippen molar-refractivity contribution in [2.24, 2.45) is 10.3 Å². The van der Waals surface area contributed by atoms with Gasteiger partial charge in [-0.1, -0.05) is 51.2 Å². The molecule has 0 fully saturated rings. The van der Waals surface area contributed by atoms with Crippen molar-refractivity contribution >= 4 is 57.1 Å². The molecule has 1 atom stereocenters. The maximum Gasteiger partial charge on any atom is 0.191 e. The van der Waals surface area contributed by atoms with Crippen LogP contribution in [-0.2, 0) is 26.1 Å². The van der Waals surface area contributed by atoms with E-state index in [9.17, 15) is 8.42 Å². The van der Waals surface area contributed by atoms with Crippen LogP contribution in [0.2, 0.25) is 15.1 Å². The molecule has 0 amide bonds. The molecule has 0 aliphatic heterocycles. The monoisotopic (exact) mass is 448 g/mol. The van der Waals surface area contributed by atoms with Crippen molar-refractivity contribution in [2.75, 3.05) is 7.11 Å². The van der Waals surface area contributed by atoms with E-state index in [1.54, 1.807) is 18.2 Å². The van der Waals surface area contributed by atoms with Crippen LogP contribution in [0.25, 0.3) is 0 Å². The molecule has 0 radical (unpaired) electrons. The Morgan fingerprint density at radius 3 is 2.26 bits per heavy atom. The Bertz CT molecular complexity index is 932. The summed E-state index contributed by atoms with van der Waals surface area (Å²) in [6.45, 7) is 0.0433. The largest absolute Gasteiger partial charge is 0.399 e. The van der Waals surface area contributed by atoms with Gasteiger partial charge < -0.3 is 9.68 Å². The maximum absolute atomic E-state index is 12.7. The predicted molar refractivity (Wildman–Crippen MR) is 108 cm³/mol. The number of sulfone groups is 1. The molecular formula is C17H15Cl3N2O4S. The molecule has 0 aliphatic rings. The minimum Gasteiger partial charge on any atom is -0.399 e. The topological polar surface area (TPSA) is 77.3 Å². The lowest BCUT2D eigenvalue weighted by Gasteiger charge is -2.09. The summed E-state index contributed by atoms with van der Waals surface area (Å²) in [4.78, 5) is 9.79. The molecule has 0 saturated heterocycles. The van der Waals surface area contributed by atoms with E-state index in [-0.39, 0.29) is 11.5 Å². The number of halogens is 3. The first-order valence-electron chi connectivity index (χ1n) is 7.50. The molecule has 27 heavy (non-hydrogen) atoms. The van der Waals surface area contributed by atoms with Crippen LogP contribution in [0.15, 0.2) is 57.7 Å². The molecule has 0 N–H and O–H groups in total. The van der Waals surface area contributed by atoms with Gasteiger partial charge in [0.05, 0.1) is 17.3 Å². The Kier molecular flexibility index (Phi) is 7.91. The van der Waals surface area contributed by atoms with Crippen molar-refractivity contribution in [2.45, 2.75) is 16.8 Å². The molecule has 0 bridgehead atoms. The first-order chi connectivity index (χ1) is 12.8. The van der Waals surface area contributed by atoms with Crippen molar-refractivity contribution in [3.63, 3.8) is 0 Å². The molecule has 10 heteroatoms. The van der Waals surface area contributed by atoms with Crippen molar-refractivity contribution in [1.82, 2.24) is 0 Å². The first kappa shape index (κ1) is 21.5. The van der Waals surface area contributed by atoms with E-state index in [1.165, 1.54) is 31.4 Å². The zero-order valence-electron chi connectivity index (χ0n) is 14.1. The number of hydrogen-bond acceptors (Lipinski definition) is 6. The van der Waals surface area contributed by atoms with Crippen LogP contribution in [0.1, 0.15) is 5.56 Å². The second kappa shape index (κ2) is 9.94. The predicted octanol–water partition coefficient (Wildman–Crippen LogP) is 4.62. The summed E-state index contributed by atoms with van der Waals surface area (Å²) in [5, 5.41) is 7.40. The van der Waals surface area contributed by atoms with Crippen LogP contribution in [0, 0.1) is 0 Å². The molecule has 2 rings (SSSR count). The summed E-state index contributed by atoms with van der Waals surface area (Å²) >= 11 is 17.7. The van der Waals surface area contributed by atoms with E-state index in [0.717, 1.165) is 12.4 Å². The molecule has 0 aliphatic carbocycles. The van der Waals surface area contributed by atoms with Crippen LogP contribution in [0.4, 0.5) is 0 Å². The molecule has 1 unspecified atom stereocenters. The van der Waals surface area contributed by atoms with Gasteiger partial charge in [0.1, 0.15) is 19.0 Å². The van der Waals surface area contributed by atoms with Crippen LogP contribution in [0.5, 0.6) is 0 Å².